The molecule has 1 aliphatic heterocycles. The number of hydrogen-bond donors (Lipinski definition) is 2. The molecule has 2 N–H and O–H groups in total. The van der Waals surface area contributed by atoms with Crippen molar-refractivity contribution in [3.8, 4) is 5.75 Å². The number of aryl methyl sites for hydroxylation is 1. The Hall–Kier alpha value is -2.91. The van der Waals surface area contributed by atoms with E-state index in [0.29, 0.717) is 12.1 Å². The van der Waals surface area contributed by atoms with Gasteiger partial charge < -0.3 is 15.4 Å². The number of sulfonamides is 1. The van der Waals surface area contributed by atoms with E-state index in [-0.39, 0.29) is 42.3 Å². The number of hydrogen-bond acceptors (Lipinski definition) is 5. The first-order chi connectivity index (χ1) is 15.4. The average Bonchev–Trinajstić information content (AvgIpc) is 2.79. The van der Waals surface area contributed by atoms with E-state index in [4.69, 9.17) is 4.74 Å². The van der Waals surface area contributed by atoms with Crippen LogP contribution in [0.25, 0.3) is 0 Å². The number of piperazine rings is 1. The van der Waals surface area contributed by atoms with Crippen molar-refractivity contribution in [2.45, 2.75) is 36.5 Å². The zero-order valence-electron chi connectivity index (χ0n) is 18.0. The number of nitrogens with zero attached hydrogens (tertiary/aromatic N) is 1. The normalized spacial score (nSPS) is 19.0. The largest absolute Gasteiger partial charge is 0.497 e. The minimum Gasteiger partial charge on any atom is -0.497 e. The van der Waals surface area contributed by atoms with Gasteiger partial charge in [-0.05, 0) is 66.6 Å². The van der Waals surface area contributed by atoms with Gasteiger partial charge in [0.15, 0.2) is 0 Å². The van der Waals surface area contributed by atoms with Crippen molar-refractivity contribution in [1.82, 2.24) is 9.62 Å². The quantitative estimate of drug-likeness (QED) is 0.692. The summed E-state index contributed by atoms with van der Waals surface area (Å²) in [5.74, 6) is 0.446. The first-order valence-electron chi connectivity index (χ1n) is 10.7. The van der Waals surface area contributed by atoms with Crippen LogP contribution in [0, 0.1) is 0 Å². The van der Waals surface area contributed by atoms with Crippen LogP contribution < -0.4 is 15.4 Å². The lowest BCUT2D eigenvalue weighted by Crippen LogP contribution is -2.49. The molecule has 9 heteroatoms. The summed E-state index contributed by atoms with van der Waals surface area (Å²) in [6.45, 7) is 0.296. The second-order valence-corrected chi connectivity index (χ2v) is 10.1. The Labute approximate surface area is 188 Å². The fourth-order valence-electron chi connectivity index (χ4n) is 4.37. The average molecular weight is 458 g/mol. The van der Waals surface area contributed by atoms with E-state index in [9.17, 15) is 18.0 Å². The van der Waals surface area contributed by atoms with E-state index in [2.05, 4.69) is 10.6 Å². The number of methoxy groups -OCH3 is 1. The van der Waals surface area contributed by atoms with E-state index in [1.807, 2.05) is 18.2 Å². The Morgan fingerprint density at radius 2 is 2.09 bits per heavy atom. The Morgan fingerprint density at radius 3 is 2.88 bits per heavy atom. The summed E-state index contributed by atoms with van der Waals surface area (Å²) in [7, 11) is -2.18. The van der Waals surface area contributed by atoms with Crippen molar-refractivity contribution in [1.29, 1.82) is 0 Å². The lowest BCUT2D eigenvalue weighted by atomic mass is 9.81. The molecule has 1 fully saturated rings. The van der Waals surface area contributed by atoms with E-state index >= 15 is 0 Å². The lowest BCUT2D eigenvalue weighted by molar-refractivity contribution is -0.122. The highest BCUT2D eigenvalue weighted by molar-refractivity contribution is 7.89. The summed E-state index contributed by atoms with van der Waals surface area (Å²) in [4.78, 5) is 24.4. The van der Waals surface area contributed by atoms with Crippen LogP contribution in [0.1, 0.15) is 36.3 Å². The van der Waals surface area contributed by atoms with Crippen LogP contribution in [0.4, 0.5) is 5.69 Å². The first kappa shape index (κ1) is 22.3. The summed E-state index contributed by atoms with van der Waals surface area (Å²) in [6.07, 6.45) is 3.23. The number of ether oxygens (including phenoxy) is 1. The number of rotatable bonds is 6. The molecule has 1 aliphatic carbocycles. The van der Waals surface area contributed by atoms with Gasteiger partial charge >= 0.3 is 0 Å². The van der Waals surface area contributed by atoms with Gasteiger partial charge in [-0.15, -0.1) is 0 Å². The molecule has 2 aromatic carbocycles. The molecule has 4 rings (SSSR count). The monoisotopic (exact) mass is 457 g/mol. The molecule has 0 bridgehead atoms. The first-order valence-corrected chi connectivity index (χ1v) is 12.1. The molecule has 2 amide bonds. The molecular weight excluding hydrogens is 430 g/mol. The third-order valence-electron chi connectivity index (χ3n) is 5.98. The van der Waals surface area contributed by atoms with Crippen molar-refractivity contribution in [2.75, 3.05) is 32.1 Å². The molecule has 0 saturated carbocycles. The predicted molar refractivity (Wildman–Crippen MR) is 120 cm³/mol. The molecule has 1 atom stereocenters. The molecule has 0 radical (unpaired) electrons. The summed E-state index contributed by atoms with van der Waals surface area (Å²) in [6, 6.07) is 12.2. The molecule has 1 saturated heterocycles. The van der Waals surface area contributed by atoms with Crippen molar-refractivity contribution in [2.24, 2.45) is 0 Å². The second kappa shape index (κ2) is 9.30. The molecule has 2 aliphatic rings. The van der Waals surface area contributed by atoms with Crippen LogP contribution in [-0.4, -0.2) is 51.3 Å². The molecule has 1 unspecified atom stereocenters. The number of benzene rings is 2. The maximum atomic E-state index is 12.9. The summed E-state index contributed by atoms with van der Waals surface area (Å²) in [5.41, 5.74) is 2.81. The summed E-state index contributed by atoms with van der Waals surface area (Å²) < 4.78 is 32.3. The van der Waals surface area contributed by atoms with Crippen molar-refractivity contribution >= 4 is 27.5 Å². The van der Waals surface area contributed by atoms with Crippen LogP contribution in [-0.2, 0) is 26.0 Å². The van der Waals surface area contributed by atoms with Gasteiger partial charge in [0.05, 0.1) is 18.6 Å². The van der Waals surface area contributed by atoms with E-state index in [1.165, 1.54) is 23.3 Å². The molecular formula is C23H27N3O5S. The maximum Gasteiger partial charge on any atom is 0.243 e. The van der Waals surface area contributed by atoms with Gasteiger partial charge in [0, 0.05) is 25.2 Å². The second-order valence-electron chi connectivity index (χ2n) is 8.12. The topological polar surface area (TPSA) is 105 Å². The minimum atomic E-state index is -3.82. The van der Waals surface area contributed by atoms with E-state index in [1.54, 1.807) is 19.2 Å². The number of nitrogens with one attached hydrogen (secondary N) is 2. The zero-order valence-corrected chi connectivity index (χ0v) is 18.8. The fourth-order valence-corrected chi connectivity index (χ4v) is 5.81. The van der Waals surface area contributed by atoms with Crippen LogP contribution >= 0.6 is 0 Å². The third-order valence-corrected chi connectivity index (χ3v) is 7.82. The number of amides is 2. The predicted octanol–water partition coefficient (Wildman–Crippen LogP) is 2.26. The van der Waals surface area contributed by atoms with Crippen LogP contribution in [0.15, 0.2) is 47.4 Å². The highest BCUT2D eigenvalue weighted by atomic mass is 32.2. The summed E-state index contributed by atoms with van der Waals surface area (Å²) in [5, 5.41) is 5.46. The van der Waals surface area contributed by atoms with E-state index in [0.717, 1.165) is 29.3 Å². The Bertz CT molecular complexity index is 1130. The Kier molecular flexibility index (Phi) is 6.48. The summed E-state index contributed by atoms with van der Waals surface area (Å²) >= 11 is 0. The van der Waals surface area contributed by atoms with Gasteiger partial charge in [0.25, 0.3) is 0 Å². The number of carbonyl (C=O) groups is 2. The molecule has 32 heavy (non-hydrogen) atoms. The Morgan fingerprint density at radius 1 is 1.25 bits per heavy atom. The van der Waals surface area contributed by atoms with Gasteiger partial charge in [-0.2, -0.15) is 4.31 Å². The van der Waals surface area contributed by atoms with Crippen LogP contribution in [0.5, 0.6) is 5.75 Å². The minimum absolute atomic E-state index is 0.0557. The van der Waals surface area contributed by atoms with Crippen LogP contribution in [0.3, 0.4) is 0 Å². The fraction of sp³-hybridized carbons (Fsp3) is 0.391. The van der Waals surface area contributed by atoms with Gasteiger partial charge in [-0.25, -0.2) is 8.42 Å². The smallest absolute Gasteiger partial charge is 0.243 e. The number of fused-ring (bicyclic) bond motifs is 1. The van der Waals surface area contributed by atoms with Crippen molar-refractivity contribution < 1.29 is 22.7 Å². The Balaban J connectivity index is 1.45. The standard InChI is InChI=1S/C23H27N3O5S/c1-31-19-8-9-21-16(12-19)4-2-5-17(21)13-22(27)25-18-6-3-7-20(14-18)32(29,30)26-11-10-24-23(28)15-26/h3,6-9,12,14,17H,2,4-5,10-11,13,15H2,1H3,(H,24,28)(H,25,27). The van der Waals surface area contributed by atoms with Gasteiger partial charge in [-0.3, -0.25) is 9.59 Å². The zero-order chi connectivity index (χ0) is 22.7. The maximum absolute atomic E-state index is 12.9. The van der Waals surface area contributed by atoms with Crippen molar-refractivity contribution in [3.63, 3.8) is 0 Å². The van der Waals surface area contributed by atoms with Crippen molar-refractivity contribution in [3.05, 3.63) is 53.6 Å². The SMILES string of the molecule is COc1ccc2c(c1)CCCC2CC(=O)Nc1cccc(S(=O)(=O)N2CCNC(=O)C2)c1. The third kappa shape index (κ3) is 4.78. The highest BCUT2D eigenvalue weighted by Crippen LogP contribution is 2.36. The van der Waals surface area contributed by atoms with Crippen LogP contribution in [0.2, 0.25) is 0 Å². The molecule has 0 spiro atoms. The molecule has 0 aromatic heterocycles. The number of carbonyl (C=O) groups excluding carboxylic acids is 2. The van der Waals surface area contributed by atoms with Gasteiger partial charge in [-0.1, -0.05) is 12.1 Å². The lowest BCUT2D eigenvalue weighted by Gasteiger charge is -2.26. The molecule has 8 nitrogen and oxygen atoms in total. The van der Waals surface area contributed by atoms with Gasteiger partial charge in [0.1, 0.15) is 5.75 Å². The molecule has 2 aromatic rings. The number of anilines is 1. The van der Waals surface area contributed by atoms with E-state index < -0.39 is 10.0 Å². The highest BCUT2D eigenvalue weighted by Gasteiger charge is 2.29. The van der Waals surface area contributed by atoms with Gasteiger partial charge in [0.2, 0.25) is 21.8 Å². The molecule has 1 heterocycles. The molecule has 170 valence electrons.